The van der Waals surface area contributed by atoms with E-state index in [9.17, 15) is 5.11 Å². The Bertz CT molecular complexity index is 756. The zero-order valence-electron chi connectivity index (χ0n) is 12.3. The second-order valence-corrected chi connectivity index (χ2v) is 5.53. The second-order valence-electron chi connectivity index (χ2n) is 5.53. The van der Waals surface area contributed by atoms with Crippen LogP contribution in [0.5, 0.6) is 0 Å². The molecule has 2 aromatic carbocycles. The van der Waals surface area contributed by atoms with Gasteiger partial charge in [-0.05, 0) is 22.3 Å². The van der Waals surface area contributed by atoms with Crippen molar-refractivity contribution in [2.75, 3.05) is 0 Å². The smallest absolute Gasteiger partial charge is 0.112 e. The van der Waals surface area contributed by atoms with Crippen LogP contribution in [0.4, 0.5) is 0 Å². The summed E-state index contributed by atoms with van der Waals surface area (Å²) in [5, 5.41) is 20.2. The number of fused-ring (bicyclic) bond motifs is 1. The van der Waals surface area contributed by atoms with Crippen molar-refractivity contribution in [3.8, 4) is 0 Å². The summed E-state index contributed by atoms with van der Waals surface area (Å²) in [6.07, 6.45) is 0. The first-order valence-electron chi connectivity index (χ1n) is 7.20. The van der Waals surface area contributed by atoms with Crippen molar-refractivity contribution in [2.24, 2.45) is 0 Å². The average Bonchev–Trinajstić information content (AvgIpc) is 2.90. The summed E-state index contributed by atoms with van der Waals surface area (Å²) >= 11 is 0. The van der Waals surface area contributed by atoms with Crippen LogP contribution in [0.15, 0.2) is 42.5 Å². The topological polar surface area (TPSA) is 50.9 Å². The zero-order chi connectivity index (χ0) is 14.8. The molecule has 108 valence electrons. The molecule has 0 radical (unpaired) electrons. The lowest BCUT2D eigenvalue weighted by Crippen LogP contribution is -2.09. The molecule has 3 rings (SSSR count). The fourth-order valence-corrected chi connectivity index (χ4v) is 2.81. The predicted molar refractivity (Wildman–Crippen MR) is 83.1 cm³/mol. The first-order valence-corrected chi connectivity index (χ1v) is 7.20. The van der Waals surface area contributed by atoms with E-state index in [0.717, 1.165) is 5.69 Å². The van der Waals surface area contributed by atoms with Crippen molar-refractivity contribution in [1.82, 2.24) is 15.0 Å². The van der Waals surface area contributed by atoms with Crippen LogP contribution in [0.3, 0.4) is 0 Å². The highest BCUT2D eigenvalue weighted by molar-refractivity contribution is 5.85. The van der Waals surface area contributed by atoms with Crippen LogP contribution in [0.25, 0.3) is 10.8 Å². The van der Waals surface area contributed by atoms with Crippen LogP contribution in [-0.2, 0) is 13.2 Å². The summed E-state index contributed by atoms with van der Waals surface area (Å²) in [4.78, 5) is 0. The normalized spacial score (nSPS) is 11.4. The van der Waals surface area contributed by atoms with Gasteiger partial charge in [-0.25, -0.2) is 4.68 Å². The molecule has 0 amide bonds. The van der Waals surface area contributed by atoms with Crippen LogP contribution >= 0.6 is 0 Å². The van der Waals surface area contributed by atoms with Crippen LogP contribution in [0, 0.1) is 0 Å². The molecule has 3 aromatic rings. The summed E-state index contributed by atoms with van der Waals surface area (Å²) in [5.74, 6) is 0.275. The maximum Gasteiger partial charge on any atom is 0.112 e. The molecule has 0 spiro atoms. The van der Waals surface area contributed by atoms with E-state index in [1.54, 1.807) is 0 Å². The van der Waals surface area contributed by atoms with Gasteiger partial charge in [0.15, 0.2) is 0 Å². The van der Waals surface area contributed by atoms with Gasteiger partial charge in [0, 0.05) is 0 Å². The minimum atomic E-state index is -0.0664. The van der Waals surface area contributed by atoms with Gasteiger partial charge in [-0.3, -0.25) is 0 Å². The Kier molecular flexibility index (Phi) is 3.71. The standard InChI is InChI=1S/C17H19N3O/c1-12(2)17-16(11-21)18-19-20(17)10-14-8-5-7-13-6-3-4-9-15(13)14/h3-9,12,21H,10-11H2,1-2H3. The minimum Gasteiger partial charge on any atom is -0.390 e. The molecule has 1 heterocycles. The molecule has 21 heavy (non-hydrogen) atoms. The molecule has 1 aromatic heterocycles. The van der Waals surface area contributed by atoms with Crippen molar-refractivity contribution < 1.29 is 5.11 Å². The largest absolute Gasteiger partial charge is 0.390 e. The van der Waals surface area contributed by atoms with Crippen molar-refractivity contribution in [3.63, 3.8) is 0 Å². The van der Waals surface area contributed by atoms with E-state index in [-0.39, 0.29) is 12.5 Å². The van der Waals surface area contributed by atoms with Crippen LogP contribution in [0.1, 0.15) is 36.7 Å². The minimum absolute atomic E-state index is 0.0664. The molecule has 0 bridgehead atoms. The molecule has 0 aliphatic heterocycles. The zero-order valence-corrected chi connectivity index (χ0v) is 12.3. The highest BCUT2D eigenvalue weighted by atomic mass is 16.3. The fourth-order valence-electron chi connectivity index (χ4n) is 2.81. The van der Waals surface area contributed by atoms with E-state index in [1.165, 1.54) is 16.3 Å². The molecule has 0 fully saturated rings. The predicted octanol–water partition coefficient (Wildman–Crippen LogP) is 3.10. The molecule has 0 aliphatic rings. The Balaban J connectivity index is 2.05. The summed E-state index contributed by atoms with van der Waals surface area (Å²) in [5.41, 5.74) is 2.89. The van der Waals surface area contributed by atoms with Gasteiger partial charge in [-0.15, -0.1) is 5.10 Å². The van der Waals surface area contributed by atoms with E-state index < -0.39 is 0 Å². The average molecular weight is 281 g/mol. The lowest BCUT2D eigenvalue weighted by Gasteiger charge is -2.12. The summed E-state index contributed by atoms with van der Waals surface area (Å²) in [7, 11) is 0. The molecule has 0 saturated carbocycles. The number of benzene rings is 2. The van der Waals surface area contributed by atoms with Gasteiger partial charge >= 0.3 is 0 Å². The summed E-state index contributed by atoms with van der Waals surface area (Å²) in [6.45, 7) is 4.79. The van der Waals surface area contributed by atoms with E-state index >= 15 is 0 Å². The van der Waals surface area contributed by atoms with E-state index in [2.05, 4.69) is 60.6 Å². The van der Waals surface area contributed by atoms with Gasteiger partial charge in [0.25, 0.3) is 0 Å². The summed E-state index contributed by atoms with van der Waals surface area (Å²) in [6, 6.07) is 14.6. The third-order valence-electron chi connectivity index (χ3n) is 3.74. The number of rotatable bonds is 4. The molecule has 0 unspecified atom stereocenters. The van der Waals surface area contributed by atoms with Crippen molar-refractivity contribution in [2.45, 2.75) is 32.9 Å². The maximum absolute atomic E-state index is 9.40. The van der Waals surface area contributed by atoms with Gasteiger partial charge < -0.3 is 5.11 Å². The first-order chi connectivity index (χ1) is 10.2. The van der Waals surface area contributed by atoms with Crippen molar-refractivity contribution >= 4 is 10.8 Å². The van der Waals surface area contributed by atoms with Crippen LogP contribution in [0.2, 0.25) is 0 Å². The van der Waals surface area contributed by atoms with E-state index in [0.29, 0.717) is 12.2 Å². The number of aromatic nitrogens is 3. The van der Waals surface area contributed by atoms with Crippen molar-refractivity contribution in [1.29, 1.82) is 0 Å². The molecule has 0 aliphatic carbocycles. The summed E-state index contributed by atoms with van der Waals surface area (Å²) < 4.78 is 1.90. The molecule has 0 saturated heterocycles. The monoisotopic (exact) mass is 281 g/mol. The third-order valence-corrected chi connectivity index (χ3v) is 3.74. The Morgan fingerprint density at radius 3 is 2.62 bits per heavy atom. The quantitative estimate of drug-likeness (QED) is 0.799. The lowest BCUT2D eigenvalue weighted by molar-refractivity contribution is 0.275. The third kappa shape index (κ3) is 2.54. The van der Waals surface area contributed by atoms with Gasteiger partial charge in [0.2, 0.25) is 0 Å². The highest BCUT2D eigenvalue weighted by Crippen LogP contribution is 2.22. The number of hydrogen-bond donors (Lipinski definition) is 1. The Morgan fingerprint density at radius 1 is 1.10 bits per heavy atom. The number of aliphatic hydroxyl groups is 1. The van der Waals surface area contributed by atoms with E-state index in [1.807, 2.05) is 10.7 Å². The molecule has 4 heteroatoms. The highest BCUT2D eigenvalue weighted by Gasteiger charge is 2.16. The SMILES string of the molecule is CC(C)c1c(CO)nnn1Cc1cccc2ccccc12. The van der Waals surface area contributed by atoms with Gasteiger partial charge in [0.05, 0.1) is 18.8 Å². The lowest BCUT2D eigenvalue weighted by atomic mass is 10.0. The van der Waals surface area contributed by atoms with Crippen LogP contribution < -0.4 is 0 Å². The fraction of sp³-hybridized carbons (Fsp3) is 0.294. The van der Waals surface area contributed by atoms with E-state index in [4.69, 9.17) is 0 Å². The second kappa shape index (κ2) is 5.66. The number of aliphatic hydroxyl groups excluding tert-OH is 1. The number of nitrogens with zero attached hydrogens (tertiary/aromatic N) is 3. The molecular weight excluding hydrogens is 262 g/mol. The Labute approximate surface area is 124 Å². The maximum atomic E-state index is 9.40. The first kappa shape index (κ1) is 13.8. The number of hydrogen-bond acceptors (Lipinski definition) is 3. The van der Waals surface area contributed by atoms with Crippen LogP contribution in [-0.4, -0.2) is 20.1 Å². The Hall–Kier alpha value is -2.20. The molecule has 0 atom stereocenters. The van der Waals surface area contributed by atoms with Gasteiger partial charge in [-0.2, -0.15) is 0 Å². The van der Waals surface area contributed by atoms with Gasteiger partial charge in [0.1, 0.15) is 5.69 Å². The van der Waals surface area contributed by atoms with Crippen molar-refractivity contribution in [3.05, 3.63) is 59.4 Å². The Morgan fingerprint density at radius 2 is 1.86 bits per heavy atom. The molecule has 4 nitrogen and oxygen atoms in total. The van der Waals surface area contributed by atoms with Gasteiger partial charge in [-0.1, -0.05) is 61.5 Å². The molecule has 1 N–H and O–H groups in total. The molecular formula is C17H19N3O.